The van der Waals surface area contributed by atoms with E-state index < -0.39 is 62.2 Å². The summed E-state index contributed by atoms with van der Waals surface area (Å²) in [5.74, 6) is -2.79. The van der Waals surface area contributed by atoms with Crippen LogP contribution in [0.25, 0.3) is 0 Å². The minimum absolute atomic E-state index is 0.128. The number of hydrogen-bond donors (Lipinski definition) is 2. The van der Waals surface area contributed by atoms with Gasteiger partial charge in [0.15, 0.2) is 8.32 Å². The molecule has 2 N–H and O–H groups in total. The molecule has 12 atom stereocenters. The number of carbonyl (C=O) groups is 1. The average Bonchev–Trinajstić information content (AvgIpc) is 3.17. The van der Waals surface area contributed by atoms with E-state index in [2.05, 4.69) is 26.8 Å². The van der Waals surface area contributed by atoms with E-state index in [1.807, 2.05) is 26.0 Å². The Morgan fingerprint density at radius 1 is 1.00 bits per heavy atom. The molecule has 4 bridgehead atoms. The molecule has 2 aliphatic carbocycles. The van der Waals surface area contributed by atoms with Crippen LogP contribution in [-0.2, 0) is 32.9 Å². The maximum atomic E-state index is 14.2. The number of ether oxygens (including phenoxy) is 5. The minimum Gasteiger partial charge on any atom is -0.459 e. The molecule has 0 unspecified atom stereocenters. The van der Waals surface area contributed by atoms with E-state index in [1.165, 1.54) is 0 Å². The molecule has 4 aliphatic rings. The summed E-state index contributed by atoms with van der Waals surface area (Å²) in [4.78, 5) is 14.2. The molecule has 234 valence electrons. The molecule has 4 rings (SSSR count). The van der Waals surface area contributed by atoms with Crippen LogP contribution in [0, 0.1) is 35.5 Å². The number of hydrogen-bond acceptors (Lipinski definition) is 9. The lowest BCUT2D eigenvalue weighted by Crippen LogP contribution is -2.59. The number of aliphatic hydroxyl groups is 2. The van der Waals surface area contributed by atoms with Crippen molar-refractivity contribution in [2.45, 2.75) is 88.9 Å². The summed E-state index contributed by atoms with van der Waals surface area (Å²) < 4.78 is 36.9. The van der Waals surface area contributed by atoms with Crippen molar-refractivity contribution in [3.63, 3.8) is 0 Å². The Labute approximate surface area is 246 Å². The van der Waals surface area contributed by atoms with Gasteiger partial charge in [0.05, 0.1) is 44.1 Å². The molecule has 41 heavy (non-hydrogen) atoms. The second kappa shape index (κ2) is 13.3. The Hall–Kier alpha value is -1.11. The zero-order valence-electron chi connectivity index (χ0n) is 26.1. The van der Waals surface area contributed by atoms with Gasteiger partial charge in [0.1, 0.15) is 17.8 Å². The third-order valence-electron chi connectivity index (χ3n) is 10.6. The largest absolute Gasteiger partial charge is 0.459 e. The van der Waals surface area contributed by atoms with Crippen LogP contribution in [0.15, 0.2) is 23.8 Å². The number of esters is 1. The molecule has 1 spiro atoms. The predicted molar refractivity (Wildman–Crippen MR) is 157 cm³/mol. The smallest absolute Gasteiger partial charge is 0.312 e. The van der Waals surface area contributed by atoms with Crippen molar-refractivity contribution in [1.29, 1.82) is 0 Å². The molecule has 0 aromatic carbocycles. The first-order valence-electron chi connectivity index (χ1n) is 15.4. The van der Waals surface area contributed by atoms with Crippen LogP contribution in [0.4, 0.5) is 0 Å². The molecule has 2 heterocycles. The predicted octanol–water partition coefficient (Wildman–Crippen LogP) is 3.35. The van der Waals surface area contributed by atoms with Gasteiger partial charge >= 0.3 is 5.97 Å². The molecular formula is C31H52O9Si. The third kappa shape index (κ3) is 5.52. The van der Waals surface area contributed by atoms with E-state index in [1.54, 1.807) is 21.3 Å². The first kappa shape index (κ1) is 32.8. The maximum Gasteiger partial charge on any atom is 0.312 e. The van der Waals surface area contributed by atoms with Crippen molar-refractivity contribution >= 4 is 14.3 Å². The van der Waals surface area contributed by atoms with E-state index in [9.17, 15) is 15.0 Å². The zero-order valence-corrected chi connectivity index (χ0v) is 27.1. The molecule has 2 fully saturated rings. The SMILES string of the molecule is CC[Si](CC)(CC)O[C@H](COC)[C@H]1OC(=O)[C@H](COC)[C@H]2C=C[C@H]3[C@H]4O[C@]2(/C(C)=C/[C@H]1C)[C@@H]3[C@H](O)[C@@H](COC)[C@H]4O. The fourth-order valence-electron chi connectivity index (χ4n) is 8.27. The molecule has 0 radical (unpaired) electrons. The van der Waals surface area contributed by atoms with Crippen molar-refractivity contribution < 1.29 is 43.1 Å². The standard InChI is InChI=1S/C31H52O9Si/c1-9-41(10-2,11-3)40-24(17-37-8)28-18(4)14-19(5)31-23(21(15-35-6)30(34)38-28)13-12-20-25(31)26(32)22(16-36-7)27(33)29(20)39-31/h12-14,18,20-29,32-33H,9-11,15-17H2,1-8H3/b19-14+/t18-,20-,21-,22-,23-,24-,25+,26-,27-,28+,29-,31+/m1/s1. The van der Waals surface area contributed by atoms with Gasteiger partial charge in [0.2, 0.25) is 0 Å². The summed E-state index contributed by atoms with van der Waals surface area (Å²) in [6.07, 6.45) is 2.85. The minimum atomic E-state index is -2.07. The van der Waals surface area contributed by atoms with Crippen molar-refractivity contribution in [2.75, 3.05) is 41.2 Å². The van der Waals surface area contributed by atoms with E-state index in [0.29, 0.717) is 6.61 Å². The molecule has 2 aliphatic heterocycles. The molecule has 1 saturated carbocycles. The van der Waals surface area contributed by atoms with Gasteiger partial charge in [0.25, 0.3) is 0 Å². The van der Waals surface area contributed by atoms with Crippen LogP contribution in [0.3, 0.4) is 0 Å². The number of carbonyl (C=O) groups excluding carboxylic acids is 1. The summed E-state index contributed by atoms with van der Waals surface area (Å²) in [6.45, 7) is 11.3. The molecular weight excluding hydrogens is 544 g/mol. The van der Waals surface area contributed by atoms with Crippen LogP contribution < -0.4 is 0 Å². The quantitative estimate of drug-likeness (QED) is 0.199. The van der Waals surface area contributed by atoms with Crippen LogP contribution in [0.1, 0.15) is 34.6 Å². The molecule has 0 aromatic rings. The second-order valence-corrected chi connectivity index (χ2v) is 17.2. The summed E-state index contributed by atoms with van der Waals surface area (Å²) in [5, 5.41) is 23.1. The highest BCUT2D eigenvalue weighted by Crippen LogP contribution is 2.61. The van der Waals surface area contributed by atoms with Gasteiger partial charge in [-0.1, -0.05) is 45.9 Å². The maximum absolute atomic E-state index is 14.2. The second-order valence-electron chi connectivity index (χ2n) is 12.5. The fraction of sp³-hybridized carbons (Fsp3) is 0.839. The Bertz CT molecular complexity index is 959. The summed E-state index contributed by atoms with van der Waals surface area (Å²) >= 11 is 0. The summed E-state index contributed by atoms with van der Waals surface area (Å²) in [6, 6.07) is 2.90. The highest BCUT2D eigenvalue weighted by atomic mass is 28.4. The molecule has 1 saturated heterocycles. The number of methoxy groups -OCH3 is 3. The lowest BCUT2D eigenvalue weighted by atomic mass is 9.56. The highest BCUT2D eigenvalue weighted by Gasteiger charge is 2.70. The first-order chi connectivity index (χ1) is 19.6. The Balaban J connectivity index is 1.83. The average molecular weight is 597 g/mol. The summed E-state index contributed by atoms with van der Waals surface area (Å²) in [5.41, 5.74) is -0.0863. The van der Waals surface area contributed by atoms with Gasteiger partial charge in [-0.3, -0.25) is 4.79 Å². The van der Waals surface area contributed by atoms with E-state index in [0.717, 1.165) is 23.7 Å². The zero-order chi connectivity index (χ0) is 30.1. The van der Waals surface area contributed by atoms with Crippen molar-refractivity contribution in [2.24, 2.45) is 35.5 Å². The van der Waals surface area contributed by atoms with Gasteiger partial charge in [-0.25, -0.2) is 0 Å². The van der Waals surface area contributed by atoms with Gasteiger partial charge in [0, 0.05) is 50.9 Å². The first-order valence-corrected chi connectivity index (χ1v) is 17.9. The Morgan fingerprint density at radius 3 is 2.24 bits per heavy atom. The van der Waals surface area contributed by atoms with E-state index in [4.69, 9.17) is 28.1 Å². The van der Waals surface area contributed by atoms with Crippen LogP contribution in [0.2, 0.25) is 18.1 Å². The molecule has 9 nitrogen and oxygen atoms in total. The van der Waals surface area contributed by atoms with Crippen molar-refractivity contribution in [3.8, 4) is 0 Å². The third-order valence-corrected chi connectivity index (χ3v) is 15.3. The van der Waals surface area contributed by atoms with Crippen LogP contribution >= 0.6 is 0 Å². The van der Waals surface area contributed by atoms with Gasteiger partial charge in [-0.2, -0.15) is 0 Å². The van der Waals surface area contributed by atoms with Crippen LogP contribution in [0.5, 0.6) is 0 Å². The molecule has 10 heteroatoms. The normalized spacial score (nSPS) is 42.4. The van der Waals surface area contributed by atoms with Gasteiger partial charge < -0.3 is 38.3 Å². The molecule has 0 amide bonds. The number of cyclic esters (lactones) is 1. The highest BCUT2D eigenvalue weighted by molar-refractivity contribution is 6.73. The topological polar surface area (TPSA) is 113 Å². The van der Waals surface area contributed by atoms with Crippen molar-refractivity contribution in [3.05, 3.63) is 23.8 Å². The monoisotopic (exact) mass is 596 g/mol. The van der Waals surface area contributed by atoms with E-state index >= 15 is 0 Å². The number of rotatable bonds is 12. The Kier molecular flexibility index (Phi) is 10.6. The van der Waals surface area contributed by atoms with Crippen LogP contribution in [-0.4, -0.2) is 102 Å². The lowest BCUT2D eigenvalue weighted by molar-refractivity contribution is -0.172. The van der Waals surface area contributed by atoms with Gasteiger partial charge in [-0.15, -0.1) is 0 Å². The molecule has 0 aromatic heterocycles. The van der Waals surface area contributed by atoms with Crippen molar-refractivity contribution in [1.82, 2.24) is 0 Å². The Morgan fingerprint density at radius 2 is 1.66 bits per heavy atom. The summed E-state index contributed by atoms with van der Waals surface area (Å²) in [7, 11) is 2.73. The lowest BCUT2D eigenvalue weighted by Gasteiger charge is -2.49. The van der Waals surface area contributed by atoms with Gasteiger partial charge in [-0.05, 0) is 30.6 Å². The van der Waals surface area contributed by atoms with E-state index in [-0.39, 0.29) is 36.9 Å². The number of aliphatic hydroxyl groups excluding tert-OH is 2. The fourth-order valence-corrected chi connectivity index (χ4v) is 11.1.